The van der Waals surface area contributed by atoms with Crippen LogP contribution in [0.2, 0.25) is 0 Å². The Bertz CT molecular complexity index is 1140. The summed E-state index contributed by atoms with van der Waals surface area (Å²) in [5.41, 5.74) is 1.74. The highest BCUT2D eigenvalue weighted by Crippen LogP contribution is 2.55. The number of methoxy groups -OCH3 is 1. The maximum Gasteiger partial charge on any atom is 0.233 e. The van der Waals surface area contributed by atoms with Crippen LogP contribution in [0.1, 0.15) is 18.4 Å². The summed E-state index contributed by atoms with van der Waals surface area (Å²) in [5, 5.41) is 9.87. The second-order valence-electron chi connectivity index (χ2n) is 9.33. The van der Waals surface area contributed by atoms with E-state index < -0.39 is 23.7 Å². The lowest BCUT2D eigenvalue weighted by atomic mass is 9.58. The number of phenolic OH excluding ortho intramolecular Hbond substituents is 1. The van der Waals surface area contributed by atoms with Gasteiger partial charge in [0.2, 0.25) is 23.6 Å². The average Bonchev–Trinajstić information content (AvgIpc) is 3.17. The zero-order valence-electron chi connectivity index (χ0n) is 18.7. The number of carbonyl (C=O) groups excluding carboxylic acids is 4. The van der Waals surface area contributed by atoms with E-state index in [4.69, 9.17) is 4.74 Å². The van der Waals surface area contributed by atoms with E-state index in [0.717, 1.165) is 11.1 Å². The van der Waals surface area contributed by atoms with E-state index >= 15 is 0 Å². The lowest BCUT2D eigenvalue weighted by Crippen LogP contribution is -2.43. The molecule has 172 valence electrons. The SMILES string of the molecule is COc1cc(C=C[C@H]2C3=CC[C@@H]4C(=O)N(C)C(=O)[C@@H]4[C@@H]3C[C@H]3C(=O)N(C)C(=O)[C@@H]23)ccc1O. The van der Waals surface area contributed by atoms with Gasteiger partial charge in [0.25, 0.3) is 0 Å². The molecule has 0 radical (unpaired) electrons. The predicted octanol–water partition coefficient (Wildman–Crippen LogP) is 1.84. The van der Waals surface area contributed by atoms with Gasteiger partial charge in [-0.15, -0.1) is 0 Å². The Labute approximate surface area is 191 Å². The Balaban J connectivity index is 1.56. The fourth-order valence-electron chi connectivity index (χ4n) is 6.18. The fourth-order valence-corrected chi connectivity index (χ4v) is 6.18. The summed E-state index contributed by atoms with van der Waals surface area (Å²) in [7, 11) is 4.49. The number of benzene rings is 1. The summed E-state index contributed by atoms with van der Waals surface area (Å²) in [6, 6.07) is 4.96. The minimum Gasteiger partial charge on any atom is -0.504 e. The standard InChI is InChI=1S/C25H26N2O6/c1-26-22(29)15-8-7-13-14(6-4-12-5-9-18(28)19(10-12)33-3)20-17(23(30)27(2)24(20)31)11-16(13)21(15)25(26)32/h4-7,9-10,14-17,20-21,28H,8,11H2,1-3H3/t14-,15-,16+,17+,20-,21-/m0/s1. The Morgan fingerprint density at radius 3 is 2.30 bits per heavy atom. The highest BCUT2D eigenvalue weighted by atomic mass is 16.5. The summed E-state index contributed by atoms with van der Waals surface area (Å²) in [4.78, 5) is 53.9. The van der Waals surface area contributed by atoms with E-state index in [1.165, 1.54) is 37.1 Å². The molecule has 33 heavy (non-hydrogen) atoms. The molecule has 1 aromatic rings. The molecule has 8 nitrogen and oxygen atoms in total. The van der Waals surface area contributed by atoms with Crippen molar-refractivity contribution in [2.24, 2.45) is 35.5 Å². The van der Waals surface area contributed by atoms with Gasteiger partial charge in [0.15, 0.2) is 11.5 Å². The smallest absolute Gasteiger partial charge is 0.233 e. The third-order valence-electron chi connectivity index (χ3n) is 7.84. The van der Waals surface area contributed by atoms with Crippen molar-refractivity contribution < 1.29 is 29.0 Å². The van der Waals surface area contributed by atoms with Crippen molar-refractivity contribution in [3.63, 3.8) is 0 Å². The summed E-state index contributed by atoms with van der Waals surface area (Å²) in [6.45, 7) is 0. The van der Waals surface area contributed by atoms with E-state index in [-0.39, 0.29) is 41.2 Å². The number of aromatic hydroxyl groups is 1. The van der Waals surface area contributed by atoms with Crippen LogP contribution < -0.4 is 4.74 Å². The van der Waals surface area contributed by atoms with Crippen LogP contribution in [0.4, 0.5) is 0 Å². The van der Waals surface area contributed by atoms with Crippen LogP contribution >= 0.6 is 0 Å². The Morgan fingerprint density at radius 2 is 1.61 bits per heavy atom. The summed E-state index contributed by atoms with van der Waals surface area (Å²) in [5.74, 6) is -2.97. The number of likely N-dealkylation sites (tertiary alicyclic amines) is 2. The van der Waals surface area contributed by atoms with Crippen LogP contribution in [0, 0.1) is 35.5 Å². The number of carbonyl (C=O) groups is 4. The largest absolute Gasteiger partial charge is 0.504 e. The number of rotatable bonds is 3. The lowest BCUT2D eigenvalue weighted by Gasteiger charge is -2.42. The topological polar surface area (TPSA) is 104 Å². The van der Waals surface area contributed by atoms with Gasteiger partial charge >= 0.3 is 0 Å². The van der Waals surface area contributed by atoms with Crippen molar-refractivity contribution in [3.05, 3.63) is 41.5 Å². The van der Waals surface area contributed by atoms with Gasteiger partial charge in [0.1, 0.15) is 0 Å². The van der Waals surface area contributed by atoms with Crippen molar-refractivity contribution >= 4 is 29.7 Å². The van der Waals surface area contributed by atoms with E-state index in [1.54, 1.807) is 12.1 Å². The average molecular weight is 450 g/mol. The van der Waals surface area contributed by atoms with Crippen LogP contribution in [0.25, 0.3) is 6.08 Å². The molecule has 5 rings (SSSR count). The molecule has 2 saturated heterocycles. The molecule has 2 heterocycles. The molecule has 1 saturated carbocycles. The van der Waals surface area contributed by atoms with E-state index in [2.05, 4.69) is 0 Å². The van der Waals surface area contributed by atoms with Gasteiger partial charge in [-0.25, -0.2) is 0 Å². The van der Waals surface area contributed by atoms with Crippen molar-refractivity contribution in [2.75, 3.05) is 21.2 Å². The molecule has 0 bridgehead atoms. The molecular weight excluding hydrogens is 424 g/mol. The van der Waals surface area contributed by atoms with E-state index in [0.29, 0.717) is 18.6 Å². The number of ether oxygens (including phenoxy) is 1. The molecule has 4 amide bonds. The number of amides is 4. The van der Waals surface area contributed by atoms with Crippen molar-refractivity contribution in [1.82, 2.24) is 9.80 Å². The van der Waals surface area contributed by atoms with Gasteiger partial charge in [0, 0.05) is 20.0 Å². The number of hydrogen-bond acceptors (Lipinski definition) is 6. The first-order chi connectivity index (χ1) is 15.7. The molecule has 1 N–H and O–H groups in total. The van der Waals surface area contributed by atoms with E-state index in [1.807, 2.05) is 18.2 Å². The van der Waals surface area contributed by atoms with Crippen molar-refractivity contribution in [1.29, 1.82) is 0 Å². The lowest BCUT2D eigenvalue weighted by molar-refractivity contribution is -0.140. The van der Waals surface area contributed by atoms with Crippen LogP contribution in [0.15, 0.2) is 35.9 Å². The van der Waals surface area contributed by atoms with Gasteiger partial charge in [-0.3, -0.25) is 29.0 Å². The minimum absolute atomic E-state index is 0.0280. The minimum atomic E-state index is -0.526. The zero-order chi connectivity index (χ0) is 23.6. The maximum atomic E-state index is 13.0. The number of hydrogen-bond donors (Lipinski definition) is 1. The highest BCUT2D eigenvalue weighted by molar-refractivity contribution is 6.07. The molecule has 0 aromatic heterocycles. The highest BCUT2D eigenvalue weighted by Gasteiger charge is 2.60. The molecule has 6 atom stereocenters. The third-order valence-corrected chi connectivity index (χ3v) is 7.84. The first-order valence-corrected chi connectivity index (χ1v) is 11.1. The van der Waals surface area contributed by atoms with Gasteiger partial charge in [0.05, 0.1) is 30.8 Å². The molecule has 2 aliphatic heterocycles. The first kappa shape index (κ1) is 21.4. The summed E-state index contributed by atoms with van der Waals surface area (Å²) in [6.07, 6.45) is 6.63. The fraction of sp³-hybridized carbons (Fsp3) is 0.440. The van der Waals surface area contributed by atoms with Crippen LogP contribution in [-0.4, -0.2) is 59.7 Å². The predicted molar refractivity (Wildman–Crippen MR) is 118 cm³/mol. The van der Waals surface area contributed by atoms with Crippen LogP contribution in [0.3, 0.4) is 0 Å². The normalized spacial score (nSPS) is 33.4. The molecule has 1 aromatic carbocycles. The van der Waals surface area contributed by atoms with Crippen molar-refractivity contribution in [3.8, 4) is 11.5 Å². The monoisotopic (exact) mass is 450 g/mol. The van der Waals surface area contributed by atoms with Crippen LogP contribution in [-0.2, 0) is 19.2 Å². The first-order valence-electron chi connectivity index (χ1n) is 11.1. The Hall–Kier alpha value is -3.42. The molecule has 8 heteroatoms. The molecular formula is C25H26N2O6. The quantitative estimate of drug-likeness (QED) is 0.557. The van der Waals surface area contributed by atoms with Gasteiger partial charge in [-0.2, -0.15) is 0 Å². The van der Waals surface area contributed by atoms with Gasteiger partial charge in [-0.1, -0.05) is 29.9 Å². The number of fused-ring (bicyclic) bond motifs is 4. The maximum absolute atomic E-state index is 13.0. The van der Waals surface area contributed by atoms with Gasteiger partial charge < -0.3 is 9.84 Å². The Morgan fingerprint density at radius 1 is 0.939 bits per heavy atom. The molecule has 2 aliphatic carbocycles. The Kier molecular flexibility index (Phi) is 4.92. The van der Waals surface area contributed by atoms with Crippen LogP contribution in [0.5, 0.6) is 11.5 Å². The number of allylic oxidation sites excluding steroid dienone is 3. The molecule has 4 aliphatic rings. The molecule has 0 spiro atoms. The number of nitrogens with zero attached hydrogens (tertiary/aromatic N) is 2. The zero-order valence-corrected chi connectivity index (χ0v) is 18.7. The molecule has 0 unspecified atom stereocenters. The van der Waals surface area contributed by atoms with Gasteiger partial charge in [-0.05, 0) is 36.5 Å². The molecule has 3 fully saturated rings. The number of imide groups is 2. The summed E-state index contributed by atoms with van der Waals surface area (Å²) < 4.78 is 5.18. The second kappa shape index (κ2) is 7.57. The van der Waals surface area contributed by atoms with Crippen molar-refractivity contribution in [2.45, 2.75) is 12.8 Å². The van der Waals surface area contributed by atoms with E-state index in [9.17, 15) is 24.3 Å². The second-order valence-corrected chi connectivity index (χ2v) is 9.33. The summed E-state index contributed by atoms with van der Waals surface area (Å²) >= 11 is 0. The number of phenols is 1. The third kappa shape index (κ3) is 3.03.